The van der Waals surface area contributed by atoms with Crippen molar-refractivity contribution in [3.8, 4) is 11.8 Å². The van der Waals surface area contributed by atoms with Crippen molar-refractivity contribution in [1.82, 2.24) is 0 Å². The number of benzene rings is 2. The molecule has 0 saturated heterocycles. The van der Waals surface area contributed by atoms with E-state index in [9.17, 15) is 0 Å². The fourth-order valence-electron chi connectivity index (χ4n) is 1.72. The molecule has 4 nitrogen and oxygen atoms in total. The van der Waals surface area contributed by atoms with Gasteiger partial charge in [0.1, 0.15) is 18.4 Å². The smallest absolute Gasteiger partial charge is 0.121 e. The van der Waals surface area contributed by atoms with Crippen LogP contribution in [0.5, 0.6) is 5.75 Å². The largest absolute Gasteiger partial charge is 0.492 e. The van der Waals surface area contributed by atoms with Crippen LogP contribution in [-0.2, 0) is 0 Å². The molecule has 0 amide bonds. The Bertz CT molecular complexity index is 637. The first-order valence-electron chi connectivity index (χ1n) is 6.11. The average molecular weight is 332 g/mol. The Balaban J connectivity index is 1.86. The SMILES string of the molecule is N#Cc1cc(Br)ccc1NCCOc1cccc(N)c1. The number of hydrogen-bond donors (Lipinski definition) is 2. The van der Waals surface area contributed by atoms with Crippen molar-refractivity contribution in [2.45, 2.75) is 0 Å². The molecule has 0 spiro atoms. The van der Waals surface area contributed by atoms with Gasteiger partial charge in [-0.1, -0.05) is 22.0 Å². The van der Waals surface area contributed by atoms with Gasteiger partial charge in [-0.15, -0.1) is 0 Å². The number of rotatable bonds is 5. The minimum atomic E-state index is 0.490. The number of nitrogens with one attached hydrogen (secondary N) is 1. The van der Waals surface area contributed by atoms with Gasteiger partial charge in [-0.05, 0) is 30.3 Å². The summed E-state index contributed by atoms with van der Waals surface area (Å²) in [6, 6.07) is 15.0. The molecule has 0 saturated carbocycles. The van der Waals surface area contributed by atoms with Crippen molar-refractivity contribution >= 4 is 27.3 Å². The van der Waals surface area contributed by atoms with E-state index in [1.807, 2.05) is 30.3 Å². The summed E-state index contributed by atoms with van der Waals surface area (Å²) in [5.74, 6) is 0.739. The molecule has 0 aliphatic rings. The summed E-state index contributed by atoms with van der Waals surface area (Å²) in [5.41, 5.74) is 7.74. The summed E-state index contributed by atoms with van der Waals surface area (Å²) in [6.07, 6.45) is 0. The zero-order valence-electron chi connectivity index (χ0n) is 10.8. The Hall–Kier alpha value is -2.19. The number of nitrogens with zero attached hydrogens (tertiary/aromatic N) is 1. The highest BCUT2D eigenvalue weighted by Crippen LogP contribution is 2.20. The van der Waals surface area contributed by atoms with Crippen LogP contribution < -0.4 is 15.8 Å². The molecule has 102 valence electrons. The van der Waals surface area contributed by atoms with Gasteiger partial charge >= 0.3 is 0 Å². The van der Waals surface area contributed by atoms with E-state index in [2.05, 4.69) is 27.3 Å². The Labute approximate surface area is 126 Å². The van der Waals surface area contributed by atoms with Crippen LogP contribution in [0.25, 0.3) is 0 Å². The van der Waals surface area contributed by atoms with Crippen LogP contribution in [0.2, 0.25) is 0 Å². The topological polar surface area (TPSA) is 71.1 Å². The molecule has 3 N–H and O–H groups in total. The number of nitrogen functional groups attached to an aromatic ring is 1. The van der Waals surface area contributed by atoms with E-state index in [1.165, 1.54) is 0 Å². The van der Waals surface area contributed by atoms with Gasteiger partial charge in [-0.25, -0.2) is 0 Å². The summed E-state index contributed by atoms with van der Waals surface area (Å²) in [6.45, 7) is 1.09. The standard InChI is InChI=1S/C15H14BrN3O/c16-12-4-5-15(11(8-12)10-17)19-6-7-20-14-3-1-2-13(18)9-14/h1-5,8-9,19H,6-7,18H2. The van der Waals surface area contributed by atoms with Crippen LogP contribution in [0.15, 0.2) is 46.9 Å². The predicted octanol–water partition coefficient (Wildman–Crippen LogP) is 3.39. The second-order valence-electron chi connectivity index (χ2n) is 4.15. The zero-order chi connectivity index (χ0) is 14.4. The van der Waals surface area contributed by atoms with Gasteiger partial charge in [-0.2, -0.15) is 5.26 Å². The number of hydrogen-bond acceptors (Lipinski definition) is 4. The van der Waals surface area contributed by atoms with Crippen molar-refractivity contribution in [1.29, 1.82) is 5.26 Å². The van der Waals surface area contributed by atoms with Gasteiger partial charge < -0.3 is 15.8 Å². The summed E-state index contributed by atoms with van der Waals surface area (Å²) < 4.78 is 6.46. The molecule has 0 heterocycles. The van der Waals surface area contributed by atoms with E-state index < -0.39 is 0 Å². The molecule has 0 unspecified atom stereocenters. The molecule has 0 bridgehead atoms. The Kier molecular flexibility index (Phi) is 4.85. The second kappa shape index (κ2) is 6.83. The Morgan fingerprint density at radius 2 is 2.10 bits per heavy atom. The Morgan fingerprint density at radius 3 is 2.85 bits per heavy atom. The van der Waals surface area contributed by atoms with Crippen LogP contribution in [0, 0.1) is 11.3 Å². The van der Waals surface area contributed by atoms with Crippen LogP contribution in [0.1, 0.15) is 5.56 Å². The van der Waals surface area contributed by atoms with E-state index in [1.54, 1.807) is 12.1 Å². The number of halogens is 1. The van der Waals surface area contributed by atoms with Crippen LogP contribution in [0.4, 0.5) is 11.4 Å². The maximum Gasteiger partial charge on any atom is 0.121 e. The highest BCUT2D eigenvalue weighted by atomic mass is 79.9. The molecule has 5 heteroatoms. The predicted molar refractivity (Wildman–Crippen MR) is 83.7 cm³/mol. The third-order valence-corrected chi connectivity index (χ3v) is 3.14. The van der Waals surface area contributed by atoms with Gasteiger partial charge in [0.05, 0.1) is 11.3 Å². The lowest BCUT2D eigenvalue weighted by molar-refractivity contribution is 0.333. The second-order valence-corrected chi connectivity index (χ2v) is 5.07. The van der Waals surface area contributed by atoms with E-state index in [0.717, 1.165) is 15.9 Å². The molecule has 2 rings (SSSR count). The Morgan fingerprint density at radius 1 is 1.25 bits per heavy atom. The van der Waals surface area contributed by atoms with Crippen molar-refractivity contribution in [2.24, 2.45) is 0 Å². The third-order valence-electron chi connectivity index (χ3n) is 2.65. The maximum absolute atomic E-state index is 9.05. The van der Waals surface area contributed by atoms with Crippen molar-refractivity contribution < 1.29 is 4.74 Å². The summed E-state index contributed by atoms with van der Waals surface area (Å²) in [5, 5.41) is 12.2. The molecule has 0 atom stereocenters. The fraction of sp³-hybridized carbons (Fsp3) is 0.133. The molecule has 20 heavy (non-hydrogen) atoms. The fourth-order valence-corrected chi connectivity index (χ4v) is 2.08. The van der Waals surface area contributed by atoms with Gasteiger partial charge in [0.25, 0.3) is 0 Å². The van der Waals surface area contributed by atoms with E-state index >= 15 is 0 Å². The number of ether oxygens (including phenoxy) is 1. The van der Waals surface area contributed by atoms with Crippen LogP contribution in [0.3, 0.4) is 0 Å². The molecule has 0 aliphatic carbocycles. The number of nitrogens with two attached hydrogens (primary N) is 1. The van der Waals surface area contributed by atoms with E-state index in [4.69, 9.17) is 15.7 Å². The van der Waals surface area contributed by atoms with Crippen molar-refractivity contribution in [3.05, 3.63) is 52.5 Å². The molecular weight excluding hydrogens is 318 g/mol. The van der Waals surface area contributed by atoms with Crippen molar-refractivity contribution in [2.75, 3.05) is 24.2 Å². The highest BCUT2D eigenvalue weighted by Gasteiger charge is 2.02. The molecular formula is C15H14BrN3O. The summed E-state index contributed by atoms with van der Waals surface area (Å²) in [4.78, 5) is 0. The average Bonchev–Trinajstić information content (AvgIpc) is 2.45. The monoisotopic (exact) mass is 331 g/mol. The first-order valence-corrected chi connectivity index (χ1v) is 6.90. The molecule has 2 aromatic carbocycles. The highest BCUT2D eigenvalue weighted by molar-refractivity contribution is 9.10. The molecule has 2 aromatic rings. The zero-order valence-corrected chi connectivity index (χ0v) is 12.4. The first kappa shape index (κ1) is 14.2. The normalized spacial score (nSPS) is 9.80. The van der Waals surface area contributed by atoms with Gasteiger partial charge in [-0.3, -0.25) is 0 Å². The van der Waals surface area contributed by atoms with Gasteiger partial charge in [0.15, 0.2) is 0 Å². The molecule has 0 fully saturated rings. The lowest BCUT2D eigenvalue weighted by Gasteiger charge is -2.10. The molecule has 0 aromatic heterocycles. The van der Waals surface area contributed by atoms with Crippen LogP contribution in [-0.4, -0.2) is 13.2 Å². The third kappa shape index (κ3) is 3.90. The van der Waals surface area contributed by atoms with Gasteiger partial charge in [0.2, 0.25) is 0 Å². The quantitative estimate of drug-likeness (QED) is 0.650. The number of nitriles is 1. The lowest BCUT2D eigenvalue weighted by atomic mass is 10.2. The van der Waals surface area contributed by atoms with Crippen molar-refractivity contribution in [3.63, 3.8) is 0 Å². The summed E-state index contributed by atoms with van der Waals surface area (Å²) in [7, 11) is 0. The summed E-state index contributed by atoms with van der Waals surface area (Å²) >= 11 is 3.34. The maximum atomic E-state index is 9.05. The molecule has 0 radical (unpaired) electrons. The van der Waals surface area contributed by atoms with Crippen LogP contribution >= 0.6 is 15.9 Å². The minimum Gasteiger partial charge on any atom is -0.492 e. The minimum absolute atomic E-state index is 0.490. The number of anilines is 2. The first-order chi connectivity index (χ1) is 9.69. The van der Waals surface area contributed by atoms with E-state index in [-0.39, 0.29) is 0 Å². The lowest BCUT2D eigenvalue weighted by Crippen LogP contribution is -2.12. The molecule has 0 aliphatic heterocycles. The van der Waals surface area contributed by atoms with E-state index in [0.29, 0.717) is 24.4 Å². The van der Waals surface area contributed by atoms with Gasteiger partial charge in [0, 0.05) is 22.8 Å².